The van der Waals surface area contributed by atoms with Gasteiger partial charge in [-0.3, -0.25) is 9.69 Å². The van der Waals surface area contributed by atoms with Crippen molar-refractivity contribution in [2.45, 2.75) is 19.9 Å². The molecule has 0 aliphatic heterocycles. The van der Waals surface area contributed by atoms with Gasteiger partial charge in [-0.15, -0.1) is 10.2 Å². The molecular weight excluding hydrogens is 420 g/mol. The Morgan fingerprint density at radius 3 is 2.61 bits per heavy atom. The minimum Gasteiger partial charge on any atom is -0.465 e. The fourth-order valence-electron chi connectivity index (χ4n) is 3.06. The van der Waals surface area contributed by atoms with Crippen molar-refractivity contribution in [1.82, 2.24) is 15.1 Å². The second-order valence-corrected chi connectivity index (χ2v) is 7.18. The van der Waals surface area contributed by atoms with Crippen molar-refractivity contribution in [1.29, 1.82) is 0 Å². The van der Waals surface area contributed by atoms with Crippen LogP contribution in [0.5, 0.6) is 0 Å². The maximum atomic E-state index is 12.6. The Balaban J connectivity index is 1.68. The van der Waals surface area contributed by atoms with Gasteiger partial charge in [-0.05, 0) is 37.2 Å². The number of nitrogens with zero attached hydrogens (tertiary/aromatic N) is 3. The Hall–Kier alpha value is -3.23. The summed E-state index contributed by atoms with van der Waals surface area (Å²) in [6.07, 6.45) is 0.831. The molecule has 0 spiro atoms. The average molecular weight is 443 g/mol. The van der Waals surface area contributed by atoms with Gasteiger partial charge in [0.15, 0.2) is 0 Å². The highest BCUT2D eigenvalue weighted by molar-refractivity contribution is 6.33. The van der Waals surface area contributed by atoms with Crippen LogP contribution in [0.2, 0.25) is 5.02 Å². The maximum absolute atomic E-state index is 12.6. The number of ether oxygens (including phenoxy) is 1. The number of methoxy groups -OCH3 is 1. The van der Waals surface area contributed by atoms with Gasteiger partial charge in [0.1, 0.15) is 0 Å². The first-order valence-electron chi connectivity index (χ1n) is 9.78. The van der Waals surface area contributed by atoms with Gasteiger partial charge >= 0.3 is 5.97 Å². The van der Waals surface area contributed by atoms with Crippen molar-refractivity contribution in [3.8, 4) is 11.5 Å². The lowest BCUT2D eigenvalue weighted by Gasteiger charge is -2.19. The second-order valence-electron chi connectivity index (χ2n) is 6.78. The quantitative estimate of drug-likeness (QED) is 0.499. The molecule has 1 aromatic heterocycles. The lowest BCUT2D eigenvalue weighted by molar-refractivity contribution is -0.117. The summed E-state index contributed by atoms with van der Waals surface area (Å²) in [4.78, 5) is 26.4. The minimum absolute atomic E-state index is 0.0904. The first-order valence-corrected chi connectivity index (χ1v) is 10.2. The molecule has 0 atom stereocenters. The van der Waals surface area contributed by atoms with Crippen molar-refractivity contribution in [2.24, 2.45) is 0 Å². The number of esters is 1. The Morgan fingerprint density at radius 1 is 1.13 bits per heavy atom. The molecule has 0 aliphatic carbocycles. The zero-order valence-corrected chi connectivity index (χ0v) is 18.1. The number of para-hydroxylation sites is 1. The third kappa shape index (κ3) is 5.90. The molecule has 1 N–H and O–H groups in total. The minimum atomic E-state index is -0.515. The van der Waals surface area contributed by atoms with Crippen molar-refractivity contribution in [3.05, 3.63) is 65.0 Å². The van der Waals surface area contributed by atoms with Crippen LogP contribution in [0, 0.1) is 0 Å². The van der Waals surface area contributed by atoms with Crippen LogP contribution in [0.1, 0.15) is 29.6 Å². The number of benzene rings is 2. The summed E-state index contributed by atoms with van der Waals surface area (Å²) in [7, 11) is 1.30. The van der Waals surface area contributed by atoms with Crippen LogP contribution in [0.4, 0.5) is 5.69 Å². The fraction of sp³-hybridized carbons (Fsp3) is 0.273. The zero-order chi connectivity index (χ0) is 22.2. The van der Waals surface area contributed by atoms with Crippen LogP contribution in [-0.4, -0.2) is 47.2 Å². The monoisotopic (exact) mass is 442 g/mol. The average Bonchev–Trinajstić information content (AvgIpc) is 3.22. The summed E-state index contributed by atoms with van der Waals surface area (Å²) in [5.74, 6) is -0.0745. The van der Waals surface area contributed by atoms with E-state index in [1.54, 1.807) is 36.4 Å². The standard InChI is InChI=1S/C22H23ClN4O4/c1-3-12-27(13-19(28)24-18-11-7-5-9-16(18)22(29)30-2)14-20-25-26-21(31-20)15-8-4-6-10-17(15)23/h4-11H,3,12-14H2,1-2H3,(H,24,28). The molecule has 3 aromatic rings. The first kappa shape index (κ1) is 22.5. The molecule has 3 rings (SSSR count). The van der Waals surface area contributed by atoms with Gasteiger partial charge in [0.25, 0.3) is 0 Å². The van der Waals surface area contributed by atoms with E-state index in [0.29, 0.717) is 46.7 Å². The Labute approximate surface area is 185 Å². The van der Waals surface area contributed by atoms with E-state index in [1.807, 2.05) is 24.0 Å². The molecule has 1 amide bonds. The van der Waals surface area contributed by atoms with E-state index in [2.05, 4.69) is 15.5 Å². The van der Waals surface area contributed by atoms with Crippen LogP contribution < -0.4 is 5.32 Å². The topological polar surface area (TPSA) is 97.6 Å². The van der Waals surface area contributed by atoms with Crippen LogP contribution in [-0.2, 0) is 16.1 Å². The normalized spacial score (nSPS) is 10.8. The summed E-state index contributed by atoms with van der Waals surface area (Å²) in [5.41, 5.74) is 1.35. The van der Waals surface area contributed by atoms with Gasteiger partial charge in [-0.25, -0.2) is 4.79 Å². The summed E-state index contributed by atoms with van der Waals surface area (Å²) >= 11 is 6.19. The van der Waals surface area contributed by atoms with Crippen molar-refractivity contribution in [3.63, 3.8) is 0 Å². The van der Waals surface area contributed by atoms with Gasteiger partial charge in [-0.1, -0.05) is 42.8 Å². The number of amides is 1. The molecule has 0 bridgehead atoms. The number of rotatable bonds is 9. The Kier molecular flexibility index (Phi) is 7.75. The van der Waals surface area contributed by atoms with Gasteiger partial charge in [0.2, 0.25) is 17.7 Å². The van der Waals surface area contributed by atoms with Crippen LogP contribution in [0.15, 0.2) is 52.9 Å². The van der Waals surface area contributed by atoms with E-state index in [1.165, 1.54) is 7.11 Å². The third-order valence-electron chi connectivity index (χ3n) is 4.44. The smallest absolute Gasteiger partial charge is 0.339 e. The number of hydrogen-bond donors (Lipinski definition) is 1. The molecule has 0 radical (unpaired) electrons. The highest BCUT2D eigenvalue weighted by Crippen LogP contribution is 2.26. The van der Waals surface area contributed by atoms with Crippen molar-refractivity contribution >= 4 is 29.2 Å². The number of carbonyl (C=O) groups is 2. The number of anilines is 1. The molecule has 2 aromatic carbocycles. The van der Waals surface area contributed by atoms with Crippen LogP contribution in [0.25, 0.3) is 11.5 Å². The molecule has 0 saturated heterocycles. The predicted molar refractivity (Wildman–Crippen MR) is 117 cm³/mol. The van der Waals surface area contributed by atoms with Gasteiger partial charge in [0, 0.05) is 0 Å². The van der Waals surface area contributed by atoms with Gasteiger partial charge in [0.05, 0.1) is 42.0 Å². The van der Waals surface area contributed by atoms with Crippen molar-refractivity contribution < 1.29 is 18.7 Å². The third-order valence-corrected chi connectivity index (χ3v) is 4.77. The van der Waals surface area contributed by atoms with E-state index >= 15 is 0 Å². The summed E-state index contributed by atoms with van der Waals surface area (Å²) in [6.45, 7) is 3.06. The first-order chi connectivity index (χ1) is 15.0. The highest BCUT2D eigenvalue weighted by Gasteiger charge is 2.18. The summed E-state index contributed by atoms with van der Waals surface area (Å²) in [6, 6.07) is 13.9. The van der Waals surface area contributed by atoms with E-state index in [-0.39, 0.29) is 12.5 Å². The molecule has 1 heterocycles. The zero-order valence-electron chi connectivity index (χ0n) is 17.3. The number of hydrogen-bond acceptors (Lipinski definition) is 7. The molecule has 162 valence electrons. The molecule has 0 unspecified atom stereocenters. The molecule has 0 fully saturated rings. The molecule has 0 aliphatic rings. The number of halogens is 1. The number of carbonyl (C=O) groups excluding carboxylic acids is 2. The second kappa shape index (κ2) is 10.7. The maximum Gasteiger partial charge on any atom is 0.339 e. The molecule has 0 saturated carbocycles. The van der Waals surface area contributed by atoms with Gasteiger partial charge in [-0.2, -0.15) is 0 Å². The van der Waals surface area contributed by atoms with Crippen molar-refractivity contribution in [2.75, 3.05) is 25.5 Å². The SMILES string of the molecule is CCCN(CC(=O)Nc1ccccc1C(=O)OC)Cc1nnc(-c2ccccc2Cl)o1. The molecule has 9 heteroatoms. The highest BCUT2D eigenvalue weighted by atomic mass is 35.5. The Morgan fingerprint density at radius 2 is 1.87 bits per heavy atom. The van der Waals surface area contributed by atoms with E-state index < -0.39 is 5.97 Å². The molecule has 8 nitrogen and oxygen atoms in total. The number of nitrogens with one attached hydrogen (secondary N) is 1. The number of aromatic nitrogens is 2. The molecular formula is C22H23ClN4O4. The summed E-state index contributed by atoms with van der Waals surface area (Å²) in [5, 5.41) is 11.4. The lowest BCUT2D eigenvalue weighted by Crippen LogP contribution is -2.34. The van der Waals surface area contributed by atoms with Gasteiger partial charge < -0.3 is 14.5 Å². The van der Waals surface area contributed by atoms with E-state index in [0.717, 1.165) is 6.42 Å². The Bertz CT molecular complexity index is 1050. The van der Waals surface area contributed by atoms with Crippen LogP contribution in [0.3, 0.4) is 0 Å². The largest absolute Gasteiger partial charge is 0.465 e. The van der Waals surface area contributed by atoms with Crippen LogP contribution >= 0.6 is 11.6 Å². The fourth-order valence-corrected chi connectivity index (χ4v) is 3.27. The molecule has 31 heavy (non-hydrogen) atoms. The van der Waals surface area contributed by atoms with E-state index in [9.17, 15) is 9.59 Å². The van der Waals surface area contributed by atoms with E-state index in [4.69, 9.17) is 20.8 Å². The lowest BCUT2D eigenvalue weighted by atomic mass is 10.2. The predicted octanol–water partition coefficient (Wildman–Crippen LogP) is 4.03. The summed E-state index contributed by atoms with van der Waals surface area (Å²) < 4.78 is 10.5.